The van der Waals surface area contributed by atoms with Gasteiger partial charge in [0.05, 0.1) is 31.2 Å². The molecule has 0 saturated heterocycles. The van der Waals surface area contributed by atoms with Crippen molar-refractivity contribution >= 4 is 5.91 Å². The number of ether oxygens (including phenoxy) is 1. The van der Waals surface area contributed by atoms with E-state index in [1.807, 2.05) is 10.7 Å². The third-order valence-electron chi connectivity index (χ3n) is 3.31. The second-order valence-electron chi connectivity index (χ2n) is 4.53. The second-order valence-corrected chi connectivity index (χ2v) is 4.53. The molecule has 2 aromatic heterocycles. The van der Waals surface area contributed by atoms with E-state index in [-0.39, 0.29) is 12.0 Å². The highest BCUT2D eigenvalue weighted by molar-refractivity contribution is 5.91. The summed E-state index contributed by atoms with van der Waals surface area (Å²) in [6.45, 7) is 1.69. The third-order valence-corrected chi connectivity index (χ3v) is 3.31. The monoisotopic (exact) mass is 261 g/mol. The van der Waals surface area contributed by atoms with Gasteiger partial charge in [0, 0.05) is 19.9 Å². The first-order chi connectivity index (χ1) is 9.28. The van der Waals surface area contributed by atoms with Crippen LogP contribution in [0.25, 0.3) is 0 Å². The summed E-state index contributed by atoms with van der Waals surface area (Å²) in [4.78, 5) is 14.1. The quantitative estimate of drug-likeness (QED) is 0.813. The van der Waals surface area contributed by atoms with Gasteiger partial charge < -0.3 is 14.1 Å². The summed E-state index contributed by atoms with van der Waals surface area (Å²) in [5.41, 5.74) is 0.999. The number of furan rings is 1. The fraction of sp³-hybridized carbons (Fsp3) is 0.385. The van der Waals surface area contributed by atoms with E-state index in [9.17, 15) is 4.79 Å². The second kappa shape index (κ2) is 4.89. The van der Waals surface area contributed by atoms with Gasteiger partial charge in [0.1, 0.15) is 0 Å². The zero-order valence-corrected chi connectivity index (χ0v) is 10.7. The number of hydrogen-bond donors (Lipinski definition) is 0. The van der Waals surface area contributed by atoms with Crippen molar-refractivity contribution < 1.29 is 13.9 Å². The number of carbonyl (C=O) groups is 1. The number of aromatic nitrogens is 2. The lowest BCUT2D eigenvalue weighted by molar-refractivity contribution is 0.0430. The fourth-order valence-electron chi connectivity index (χ4n) is 2.28. The predicted octanol–water partition coefficient (Wildman–Crippen LogP) is 1.15. The van der Waals surface area contributed by atoms with Crippen molar-refractivity contribution in [3.05, 3.63) is 42.1 Å². The minimum Gasteiger partial charge on any atom is -0.459 e. The number of carbonyl (C=O) groups excluding carboxylic acids is 1. The average Bonchev–Trinajstić information content (AvgIpc) is 3.06. The molecule has 3 rings (SSSR count). The Morgan fingerprint density at radius 2 is 2.37 bits per heavy atom. The van der Waals surface area contributed by atoms with Crippen LogP contribution in [-0.4, -0.2) is 40.3 Å². The summed E-state index contributed by atoms with van der Waals surface area (Å²) in [5.74, 6) is 0.226. The van der Waals surface area contributed by atoms with Gasteiger partial charge in [-0.15, -0.1) is 0 Å². The molecule has 0 saturated carbocycles. The molecule has 19 heavy (non-hydrogen) atoms. The Morgan fingerprint density at radius 3 is 3.11 bits per heavy atom. The number of rotatable bonds is 2. The molecule has 6 nitrogen and oxygen atoms in total. The Kier molecular flexibility index (Phi) is 3.08. The van der Waals surface area contributed by atoms with Gasteiger partial charge in [-0.05, 0) is 18.2 Å². The zero-order chi connectivity index (χ0) is 13.2. The lowest BCUT2D eigenvalue weighted by Gasteiger charge is -2.22. The van der Waals surface area contributed by atoms with E-state index in [1.165, 1.54) is 6.26 Å². The Hall–Kier alpha value is -2.08. The van der Waals surface area contributed by atoms with Gasteiger partial charge in [-0.3, -0.25) is 9.48 Å². The minimum atomic E-state index is -0.123. The van der Waals surface area contributed by atoms with E-state index in [0.717, 1.165) is 5.69 Å². The lowest BCUT2D eigenvalue weighted by Crippen LogP contribution is -2.36. The highest BCUT2D eigenvalue weighted by atomic mass is 16.5. The summed E-state index contributed by atoms with van der Waals surface area (Å²) < 4.78 is 12.5. The molecule has 0 aromatic carbocycles. The van der Waals surface area contributed by atoms with E-state index in [0.29, 0.717) is 25.4 Å². The van der Waals surface area contributed by atoms with E-state index in [4.69, 9.17) is 9.15 Å². The van der Waals surface area contributed by atoms with Crippen molar-refractivity contribution in [2.24, 2.45) is 0 Å². The summed E-state index contributed by atoms with van der Waals surface area (Å²) in [6.07, 6.45) is 3.17. The van der Waals surface area contributed by atoms with E-state index < -0.39 is 0 Å². The van der Waals surface area contributed by atoms with Gasteiger partial charge in [-0.25, -0.2) is 0 Å². The highest BCUT2D eigenvalue weighted by Gasteiger charge is 2.27. The van der Waals surface area contributed by atoms with Crippen LogP contribution in [0.5, 0.6) is 0 Å². The van der Waals surface area contributed by atoms with Crippen molar-refractivity contribution in [2.75, 3.05) is 13.7 Å². The standard InChI is InChI=1S/C13H15N3O3/c1-18-11-8-15(13(17)12-3-2-6-19-12)7-10-4-5-14-16(10)9-11/h2-6,11H,7-9H2,1H3. The molecule has 0 radical (unpaired) electrons. The molecular formula is C13H15N3O3. The maximum absolute atomic E-state index is 12.4. The summed E-state index contributed by atoms with van der Waals surface area (Å²) >= 11 is 0. The van der Waals surface area contributed by atoms with Gasteiger partial charge in [0.25, 0.3) is 5.91 Å². The molecular weight excluding hydrogens is 246 g/mol. The Labute approximate surface area is 110 Å². The van der Waals surface area contributed by atoms with Crippen LogP contribution >= 0.6 is 0 Å². The number of fused-ring (bicyclic) bond motifs is 1. The number of hydrogen-bond acceptors (Lipinski definition) is 4. The van der Waals surface area contributed by atoms with Crippen LogP contribution in [0.1, 0.15) is 16.2 Å². The average molecular weight is 261 g/mol. The molecule has 0 aliphatic carbocycles. The van der Waals surface area contributed by atoms with Crippen LogP contribution in [-0.2, 0) is 17.8 Å². The van der Waals surface area contributed by atoms with Crippen molar-refractivity contribution in [3.8, 4) is 0 Å². The van der Waals surface area contributed by atoms with E-state index >= 15 is 0 Å². The van der Waals surface area contributed by atoms with Gasteiger partial charge in [-0.1, -0.05) is 0 Å². The molecule has 0 spiro atoms. The largest absolute Gasteiger partial charge is 0.459 e. The summed E-state index contributed by atoms with van der Waals surface area (Å²) in [5, 5.41) is 4.25. The van der Waals surface area contributed by atoms with Crippen molar-refractivity contribution in [1.82, 2.24) is 14.7 Å². The van der Waals surface area contributed by atoms with Gasteiger partial charge in [0.15, 0.2) is 5.76 Å². The van der Waals surface area contributed by atoms with Gasteiger partial charge in [0.2, 0.25) is 0 Å². The van der Waals surface area contributed by atoms with Crippen LogP contribution in [0.4, 0.5) is 0 Å². The molecule has 1 unspecified atom stereocenters. The number of methoxy groups -OCH3 is 1. The van der Waals surface area contributed by atoms with Crippen molar-refractivity contribution in [3.63, 3.8) is 0 Å². The normalized spacial score (nSPS) is 19.0. The van der Waals surface area contributed by atoms with Gasteiger partial charge in [-0.2, -0.15) is 5.10 Å². The van der Waals surface area contributed by atoms with Crippen molar-refractivity contribution in [2.45, 2.75) is 19.2 Å². The van der Waals surface area contributed by atoms with E-state index in [1.54, 1.807) is 30.3 Å². The molecule has 100 valence electrons. The zero-order valence-electron chi connectivity index (χ0n) is 10.7. The molecule has 1 atom stereocenters. The van der Waals surface area contributed by atoms with Crippen LogP contribution in [0.15, 0.2) is 35.1 Å². The van der Waals surface area contributed by atoms with Crippen LogP contribution in [0, 0.1) is 0 Å². The number of amides is 1. The van der Waals surface area contributed by atoms with Crippen LogP contribution in [0.2, 0.25) is 0 Å². The lowest BCUT2D eigenvalue weighted by atomic mass is 10.3. The highest BCUT2D eigenvalue weighted by Crippen LogP contribution is 2.16. The first-order valence-corrected chi connectivity index (χ1v) is 6.14. The summed E-state index contributed by atoms with van der Waals surface area (Å²) in [7, 11) is 1.65. The predicted molar refractivity (Wildman–Crippen MR) is 66.5 cm³/mol. The Bertz CT molecular complexity index is 561. The molecule has 2 aromatic rings. The Balaban J connectivity index is 1.87. The molecule has 0 N–H and O–H groups in total. The minimum absolute atomic E-state index is 0.0694. The first kappa shape index (κ1) is 12.0. The smallest absolute Gasteiger partial charge is 0.289 e. The number of nitrogens with zero attached hydrogens (tertiary/aromatic N) is 3. The fourth-order valence-corrected chi connectivity index (χ4v) is 2.28. The maximum atomic E-state index is 12.4. The van der Waals surface area contributed by atoms with Gasteiger partial charge >= 0.3 is 0 Å². The molecule has 0 bridgehead atoms. The molecule has 0 fully saturated rings. The van der Waals surface area contributed by atoms with E-state index in [2.05, 4.69) is 5.10 Å². The first-order valence-electron chi connectivity index (χ1n) is 6.14. The Morgan fingerprint density at radius 1 is 1.47 bits per heavy atom. The van der Waals surface area contributed by atoms with Crippen molar-refractivity contribution in [1.29, 1.82) is 0 Å². The summed E-state index contributed by atoms with van der Waals surface area (Å²) in [6, 6.07) is 5.30. The molecule has 3 heterocycles. The SMILES string of the molecule is COC1CN(C(=O)c2ccco2)Cc2ccnn2C1. The molecule has 6 heteroatoms. The third kappa shape index (κ3) is 2.26. The van der Waals surface area contributed by atoms with Crippen LogP contribution in [0.3, 0.4) is 0 Å². The molecule has 1 aliphatic heterocycles. The topological polar surface area (TPSA) is 60.5 Å². The van der Waals surface area contributed by atoms with Crippen LogP contribution < -0.4 is 0 Å². The molecule has 1 amide bonds. The maximum Gasteiger partial charge on any atom is 0.289 e. The molecule has 1 aliphatic rings.